The summed E-state index contributed by atoms with van der Waals surface area (Å²) >= 11 is 0. The van der Waals surface area contributed by atoms with E-state index < -0.39 is 25.2 Å². The van der Waals surface area contributed by atoms with Crippen LogP contribution in [0.4, 0.5) is 8.63 Å². The Hall–Kier alpha value is -6.11. The minimum Gasteiger partial charge on any atom is -0.503 e. The molecule has 0 radical (unpaired) electrons. The fourth-order valence-electron chi connectivity index (χ4n) is 14.5. The molecule has 2 N–H and O–H groups in total. The van der Waals surface area contributed by atoms with Crippen LogP contribution in [0.25, 0.3) is 22.3 Å². The van der Waals surface area contributed by atoms with Gasteiger partial charge in [0.05, 0.1) is 63.1 Å². The van der Waals surface area contributed by atoms with Crippen LogP contribution in [0.2, 0.25) is 0 Å². The van der Waals surface area contributed by atoms with Crippen molar-refractivity contribution in [1.29, 1.82) is 0 Å². The lowest BCUT2D eigenvalue weighted by molar-refractivity contribution is -0.111. The van der Waals surface area contributed by atoms with Crippen LogP contribution in [0.15, 0.2) is 96.0 Å². The van der Waals surface area contributed by atoms with Crippen molar-refractivity contribution in [2.24, 2.45) is 0 Å². The molecule has 0 saturated heterocycles. The zero-order valence-corrected chi connectivity index (χ0v) is 60.1. The molecule has 0 spiro atoms. The number of rotatable bonds is 53. The number of carbonyl (C=O) groups excluding carboxylic acids is 1. The van der Waals surface area contributed by atoms with Gasteiger partial charge in [-0.1, -0.05) is 283 Å². The number of allylic oxidation sites excluding steroid dienone is 1. The molecule has 2 aliphatic carbocycles. The maximum atomic E-state index is 15.3. The highest BCUT2D eigenvalue weighted by Crippen LogP contribution is 2.60. The van der Waals surface area contributed by atoms with Crippen molar-refractivity contribution in [3.05, 3.63) is 118 Å². The average molecular weight is 1320 g/mol. The molecule has 8 rings (SSSR count). The molecule has 4 atom stereocenters. The molecule has 528 valence electrons. The number of nitrogens with one attached hydrogen (secondary N) is 2. The fourth-order valence-corrected chi connectivity index (χ4v) is 14.5. The van der Waals surface area contributed by atoms with Gasteiger partial charge in [0, 0.05) is 29.0 Å². The van der Waals surface area contributed by atoms with Crippen LogP contribution in [0.5, 0.6) is 34.5 Å². The number of carbonyl (C=O) groups is 1. The highest BCUT2D eigenvalue weighted by molar-refractivity contribution is 6.35. The summed E-state index contributed by atoms with van der Waals surface area (Å²) in [6, 6.07) is 20.1. The summed E-state index contributed by atoms with van der Waals surface area (Å²) in [6.07, 6.45) is 45.7. The zero-order valence-electron chi connectivity index (χ0n) is 60.1. The van der Waals surface area contributed by atoms with E-state index in [9.17, 15) is 0 Å². The topological polar surface area (TPSA) is 106 Å². The van der Waals surface area contributed by atoms with Crippen molar-refractivity contribution in [3.63, 3.8) is 0 Å². The summed E-state index contributed by atoms with van der Waals surface area (Å²) in [6.45, 7) is 16.6. The van der Waals surface area contributed by atoms with Gasteiger partial charge >= 0.3 is 7.47 Å². The van der Waals surface area contributed by atoms with Gasteiger partial charge in [0.2, 0.25) is 17.3 Å². The largest absolute Gasteiger partial charge is 0.796 e. The fraction of sp³-hybridized carbons (Fsp3) is 0.627. The summed E-state index contributed by atoms with van der Waals surface area (Å²) in [7, 11) is -3.22. The molecular weight excluding hydrogens is 1200 g/mol. The second kappa shape index (κ2) is 42.6. The van der Waals surface area contributed by atoms with Gasteiger partial charge in [0.1, 0.15) is 5.76 Å². The molecule has 4 aromatic rings. The lowest BCUT2D eigenvalue weighted by atomic mass is 9.75. The first-order chi connectivity index (χ1) is 47.3. The maximum absolute atomic E-state index is 15.3. The van der Waals surface area contributed by atoms with Gasteiger partial charge in [0.15, 0.2) is 23.0 Å². The molecule has 13 heteroatoms. The second-order valence-electron chi connectivity index (χ2n) is 27.6. The van der Waals surface area contributed by atoms with Crippen molar-refractivity contribution in [2.75, 3.05) is 39.6 Å². The number of ether oxygens (including phenoxy) is 6. The van der Waals surface area contributed by atoms with E-state index in [4.69, 9.17) is 33.1 Å². The van der Waals surface area contributed by atoms with Gasteiger partial charge in [0.25, 0.3) is 0 Å². The van der Waals surface area contributed by atoms with Gasteiger partial charge in [-0.25, -0.2) is 8.63 Å². The Morgan fingerprint density at radius 3 is 1.04 bits per heavy atom. The molecule has 0 aromatic heterocycles. The van der Waals surface area contributed by atoms with E-state index in [0.29, 0.717) is 85.5 Å². The van der Waals surface area contributed by atoms with Crippen molar-refractivity contribution < 1.29 is 46.5 Å². The molecule has 2 aliphatic heterocycles. The van der Waals surface area contributed by atoms with Gasteiger partial charge in [-0.2, -0.15) is 0 Å². The summed E-state index contributed by atoms with van der Waals surface area (Å²) in [5.41, 5.74) is 8.39. The van der Waals surface area contributed by atoms with Crippen LogP contribution in [-0.2, 0) is 9.45 Å². The third kappa shape index (κ3) is 21.9. The summed E-state index contributed by atoms with van der Waals surface area (Å²) in [4.78, 5) is 15.3. The zero-order chi connectivity index (χ0) is 67.5. The van der Waals surface area contributed by atoms with Crippen molar-refractivity contribution in [3.8, 4) is 56.8 Å². The monoisotopic (exact) mass is 1320 g/mol. The van der Waals surface area contributed by atoms with Gasteiger partial charge in [-0.05, 0) is 96.2 Å². The Morgan fingerprint density at radius 2 is 0.688 bits per heavy atom. The Kier molecular flexibility index (Phi) is 33.6. The minimum atomic E-state index is -3.22. The molecule has 96 heavy (non-hydrogen) atoms. The number of unbranched alkanes of at least 4 members (excludes halogenated alkanes) is 30. The molecule has 4 aromatic carbocycles. The molecule has 4 unspecified atom stereocenters. The van der Waals surface area contributed by atoms with Crippen LogP contribution in [0.1, 0.15) is 319 Å². The smallest absolute Gasteiger partial charge is 0.503 e. The number of halogens is 2. The predicted octanol–water partition coefficient (Wildman–Crippen LogP) is 23.8. The number of hydrogen-bond donors (Lipinski definition) is 2. The lowest BCUT2D eigenvalue weighted by Crippen LogP contribution is -2.26. The van der Waals surface area contributed by atoms with E-state index in [0.717, 1.165) is 147 Å². The first-order valence-electron chi connectivity index (χ1n) is 38.8. The SMILES string of the molecule is CCCCCCCCOc1cc2c(c(OCCCCCCCC)c1OCCCCCCCC)C1C=C(C(=O)/C=C(\OB(F)F)C3=CC4c5c(cc(OCCCCCCCC)c(OCCCCCCCC)c5OCCCCCCCC)-c5ccccc5C4N3)NC1c1ccccc1-2. The number of benzene rings is 4. The molecule has 0 bridgehead atoms. The second-order valence-corrected chi connectivity index (χ2v) is 27.6. The van der Waals surface area contributed by atoms with Gasteiger partial charge in [-0.3, -0.25) is 4.79 Å². The van der Waals surface area contributed by atoms with E-state index in [1.54, 1.807) is 0 Å². The standard InChI is InChI=1S/C83H121BF2N2O8/c1-7-13-19-25-31-41-51-90-74-59-66-62-47-37-39-49-64(62)78-68(76(66)82(94-55-45-35-29-23-17-11-5)80(74)92-53-43-33-27-21-15-9-3)57-70(87-78)72(89)61-73(96-84(85)86)71-58-69-77-67(63-48-38-40-50-65(63)79(69)88-71)60-75(91-52-42-32-26-20-14-8-2)81(93-54-44-34-28-22-16-10-4)83(77)95-56-46-36-30-24-18-12-6/h37-40,47-50,57-61,68-69,78-79,87-88H,7-36,41-46,51-56H2,1-6H3/b73-61-. The molecule has 0 amide bonds. The van der Waals surface area contributed by atoms with E-state index in [1.165, 1.54) is 134 Å². The van der Waals surface area contributed by atoms with Crippen LogP contribution in [-0.4, -0.2) is 52.9 Å². The molecule has 2 heterocycles. The molecular formula is C83H121BF2N2O8. The number of fused-ring (bicyclic) bond motifs is 12. The van der Waals surface area contributed by atoms with E-state index in [-0.39, 0.29) is 17.7 Å². The minimum absolute atomic E-state index is 0.240. The molecule has 0 saturated carbocycles. The highest BCUT2D eigenvalue weighted by Gasteiger charge is 2.45. The third-order valence-corrected chi connectivity index (χ3v) is 19.8. The highest BCUT2D eigenvalue weighted by atomic mass is 19.2. The van der Waals surface area contributed by atoms with Crippen LogP contribution in [0, 0.1) is 0 Å². The Bertz CT molecular complexity index is 3050. The maximum Gasteiger partial charge on any atom is 0.796 e. The van der Waals surface area contributed by atoms with E-state index >= 15 is 13.4 Å². The summed E-state index contributed by atoms with van der Waals surface area (Å²) in [5, 5.41) is 7.30. The van der Waals surface area contributed by atoms with Crippen LogP contribution in [0.3, 0.4) is 0 Å². The molecule has 10 nitrogen and oxygen atoms in total. The first kappa shape index (κ1) is 75.7. The third-order valence-electron chi connectivity index (χ3n) is 19.8. The molecule has 4 aliphatic rings. The Morgan fingerprint density at radius 1 is 0.385 bits per heavy atom. The van der Waals surface area contributed by atoms with Crippen LogP contribution >= 0.6 is 0 Å². The van der Waals surface area contributed by atoms with Gasteiger partial charge in [-0.15, -0.1) is 0 Å². The number of hydrogen-bond acceptors (Lipinski definition) is 10. The van der Waals surface area contributed by atoms with E-state index in [2.05, 4.69) is 94.6 Å². The van der Waals surface area contributed by atoms with Crippen molar-refractivity contribution >= 4 is 13.3 Å². The summed E-state index contributed by atoms with van der Waals surface area (Å²) in [5.74, 6) is 2.33. The van der Waals surface area contributed by atoms with Crippen molar-refractivity contribution in [2.45, 2.75) is 297 Å². The normalized spacial score (nSPS) is 16.4. The van der Waals surface area contributed by atoms with Crippen LogP contribution < -0.4 is 39.1 Å². The summed E-state index contributed by atoms with van der Waals surface area (Å²) < 4.78 is 77.6. The van der Waals surface area contributed by atoms with E-state index in [1.807, 2.05) is 30.4 Å². The van der Waals surface area contributed by atoms with Gasteiger partial charge < -0.3 is 43.7 Å². The molecule has 0 fully saturated rings. The number of ketones is 1. The Labute approximate surface area is 578 Å². The lowest BCUT2D eigenvalue weighted by Gasteiger charge is -2.34. The first-order valence-corrected chi connectivity index (χ1v) is 38.8. The Balaban J connectivity index is 1.18. The average Bonchev–Trinajstić information content (AvgIpc) is 1.45. The predicted molar refractivity (Wildman–Crippen MR) is 393 cm³/mol. The quantitative estimate of drug-likeness (QED) is 0.0192. The van der Waals surface area contributed by atoms with Crippen molar-refractivity contribution in [1.82, 2.24) is 10.6 Å².